The zero-order valence-corrected chi connectivity index (χ0v) is 11.3. The Labute approximate surface area is 120 Å². The second-order valence-electron chi connectivity index (χ2n) is 5.31. The third-order valence-electron chi connectivity index (χ3n) is 4.14. The fourth-order valence-electron chi connectivity index (χ4n) is 3.17. The summed E-state index contributed by atoms with van der Waals surface area (Å²) in [5, 5.41) is 4.72. The summed E-state index contributed by atoms with van der Waals surface area (Å²) in [5.41, 5.74) is 3.08. The molecule has 5 rings (SSSR count). The number of furan rings is 1. The third-order valence-corrected chi connectivity index (χ3v) is 4.14. The van der Waals surface area contributed by atoms with Gasteiger partial charge in [0.1, 0.15) is 11.2 Å². The van der Waals surface area contributed by atoms with Gasteiger partial charge in [-0.25, -0.2) is 0 Å². The Balaban J connectivity index is 2.14. The maximum Gasteiger partial charge on any atom is 0.222 e. The fraction of sp³-hybridized carbons (Fsp3) is 0. The summed E-state index contributed by atoms with van der Waals surface area (Å²) in [7, 11) is 0. The van der Waals surface area contributed by atoms with Crippen LogP contribution in [0.5, 0.6) is 0 Å². The molecule has 98 valence electrons. The van der Waals surface area contributed by atoms with Crippen molar-refractivity contribution in [1.29, 1.82) is 0 Å². The summed E-state index contributed by atoms with van der Waals surface area (Å²) in [4.78, 5) is 0. The van der Waals surface area contributed by atoms with Gasteiger partial charge in [-0.05, 0) is 23.6 Å². The zero-order chi connectivity index (χ0) is 13.8. The molecule has 0 amide bonds. The molecular formula is C19H12NO+. The van der Waals surface area contributed by atoms with Crippen molar-refractivity contribution in [2.24, 2.45) is 0 Å². The molecule has 5 aromatic rings. The van der Waals surface area contributed by atoms with Gasteiger partial charge in [0.25, 0.3) is 0 Å². The Morgan fingerprint density at radius 2 is 1.62 bits per heavy atom. The van der Waals surface area contributed by atoms with Gasteiger partial charge in [0.05, 0.1) is 5.39 Å². The number of aromatic nitrogens is 1. The summed E-state index contributed by atoms with van der Waals surface area (Å²) < 4.78 is 8.29. The van der Waals surface area contributed by atoms with Gasteiger partial charge in [0.15, 0.2) is 12.4 Å². The lowest BCUT2D eigenvalue weighted by atomic mass is 10.1. The summed E-state index contributed by atoms with van der Waals surface area (Å²) in [6.45, 7) is 0. The van der Waals surface area contributed by atoms with Crippen LogP contribution in [0, 0.1) is 0 Å². The molecule has 3 heterocycles. The van der Waals surface area contributed by atoms with E-state index in [0.29, 0.717) is 0 Å². The second-order valence-corrected chi connectivity index (χ2v) is 5.31. The first-order valence-corrected chi connectivity index (χ1v) is 7.05. The molecule has 2 nitrogen and oxygen atoms in total. The molecule has 0 bridgehead atoms. The predicted octanol–water partition coefficient (Wildman–Crippen LogP) is 4.48. The monoisotopic (exact) mass is 270 g/mol. The molecule has 0 N–H and O–H groups in total. The van der Waals surface area contributed by atoms with Gasteiger partial charge in [-0.15, -0.1) is 0 Å². The van der Waals surface area contributed by atoms with E-state index in [4.69, 9.17) is 4.42 Å². The third kappa shape index (κ3) is 1.39. The summed E-state index contributed by atoms with van der Waals surface area (Å²) in [6, 6.07) is 20.9. The first-order valence-electron chi connectivity index (χ1n) is 7.05. The predicted molar refractivity (Wildman–Crippen MR) is 84.4 cm³/mol. The van der Waals surface area contributed by atoms with Crippen molar-refractivity contribution in [3.63, 3.8) is 0 Å². The Morgan fingerprint density at radius 3 is 2.62 bits per heavy atom. The van der Waals surface area contributed by atoms with Crippen molar-refractivity contribution < 1.29 is 8.82 Å². The van der Waals surface area contributed by atoms with E-state index in [-0.39, 0.29) is 0 Å². The SMILES string of the molecule is c1ccc2c(c1)oc1c2ccc2cc[n+]3ccccc3c21. The Morgan fingerprint density at radius 1 is 0.714 bits per heavy atom. The Hall–Kier alpha value is -2.87. The van der Waals surface area contributed by atoms with Crippen LogP contribution >= 0.6 is 0 Å². The van der Waals surface area contributed by atoms with Crippen molar-refractivity contribution >= 4 is 38.2 Å². The molecule has 0 saturated carbocycles. The van der Waals surface area contributed by atoms with E-state index in [1.165, 1.54) is 27.1 Å². The molecule has 0 unspecified atom stereocenters. The van der Waals surface area contributed by atoms with Crippen molar-refractivity contribution in [3.8, 4) is 0 Å². The molecule has 0 aliphatic carbocycles. The molecule has 0 aliphatic rings. The minimum atomic E-state index is 0.943. The number of para-hydroxylation sites is 1. The van der Waals surface area contributed by atoms with Crippen molar-refractivity contribution in [3.05, 3.63) is 73.1 Å². The highest BCUT2D eigenvalue weighted by Gasteiger charge is 2.15. The molecule has 0 atom stereocenters. The highest BCUT2D eigenvalue weighted by atomic mass is 16.3. The molecule has 21 heavy (non-hydrogen) atoms. The van der Waals surface area contributed by atoms with Gasteiger partial charge in [0.2, 0.25) is 5.52 Å². The van der Waals surface area contributed by atoms with Gasteiger partial charge >= 0.3 is 0 Å². The summed E-state index contributed by atoms with van der Waals surface area (Å²) in [6.07, 6.45) is 4.16. The van der Waals surface area contributed by atoms with Crippen LogP contribution in [0.3, 0.4) is 0 Å². The standard InChI is InChI=1S/C19H12NO/c1-2-7-17-14(5-1)15-9-8-13-10-12-20-11-4-3-6-16(20)18(13)19(15)21-17/h1-12H/q+1. The summed E-state index contributed by atoms with van der Waals surface area (Å²) >= 11 is 0. The number of hydrogen-bond acceptors (Lipinski definition) is 1. The average molecular weight is 270 g/mol. The molecule has 0 saturated heterocycles. The van der Waals surface area contributed by atoms with E-state index in [9.17, 15) is 0 Å². The summed E-state index contributed by atoms with van der Waals surface area (Å²) in [5.74, 6) is 0. The first kappa shape index (κ1) is 10.9. The van der Waals surface area contributed by atoms with Gasteiger partial charge in [-0.1, -0.05) is 24.3 Å². The largest absolute Gasteiger partial charge is 0.455 e. The van der Waals surface area contributed by atoms with Crippen LogP contribution in [0.4, 0.5) is 0 Å². The molecule has 0 aliphatic heterocycles. The average Bonchev–Trinajstić information content (AvgIpc) is 2.93. The maximum atomic E-state index is 6.16. The number of benzene rings is 2. The van der Waals surface area contributed by atoms with Crippen LogP contribution in [0.25, 0.3) is 38.2 Å². The van der Waals surface area contributed by atoms with Gasteiger partial charge in [-0.3, -0.25) is 0 Å². The molecule has 0 fully saturated rings. The Kier molecular flexibility index (Phi) is 1.98. The van der Waals surface area contributed by atoms with Crippen molar-refractivity contribution in [1.82, 2.24) is 0 Å². The molecule has 0 spiro atoms. The molecule has 3 aromatic heterocycles. The smallest absolute Gasteiger partial charge is 0.222 e. The highest BCUT2D eigenvalue weighted by Crippen LogP contribution is 2.34. The van der Waals surface area contributed by atoms with Crippen LogP contribution < -0.4 is 4.40 Å². The van der Waals surface area contributed by atoms with E-state index in [1.807, 2.05) is 18.2 Å². The molecular weight excluding hydrogens is 258 g/mol. The number of hydrogen-bond donors (Lipinski definition) is 0. The lowest BCUT2D eigenvalue weighted by Crippen LogP contribution is -2.19. The number of nitrogens with zero attached hydrogens (tertiary/aromatic N) is 1. The maximum absolute atomic E-state index is 6.16. The number of rotatable bonds is 0. The number of pyridine rings is 2. The van der Waals surface area contributed by atoms with Crippen LogP contribution in [-0.2, 0) is 0 Å². The lowest BCUT2D eigenvalue weighted by Gasteiger charge is -1.99. The van der Waals surface area contributed by atoms with Gasteiger partial charge in [0, 0.05) is 29.0 Å². The molecule has 2 aromatic carbocycles. The van der Waals surface area contributed by atoms with Crippen LogP contribution in [0.15, 0.2) is 77.5 Å². The van der Waals surface area contributed by atoms with E-state index >= 15 is 0 Å². The van der Waals surface area contributed by atoms with Crippen LogP contribution in [0.1, 0.15) is 0 Å². The highest BCUT2D eigenvalue weighted by molar-refractivity contribution is 6.18. The van der Waals surface area contributed by atoms with E-state index < -0.39 is 0 Å². The fourth-order valence-corrected chi connectivity index (χ4v) is 3.17. The topological polar surface area (TPSA) is 17.2 Å². The number of fused-ring (bicyclic) bond motifs is 7. The van der Waals surface area contributed by atoms with Crippen LogP contribution in [-0.4, -0.2) is 0 Å². The quantitative estimate of drug-likeness (QED) is 0.299. The zero-order valence-electron chi connectivity index (χ0n) is 11.3. The van der Waals surface area contributed by atoms with E-state index in [0.717, 1.165) is 11.2 Å². The lowest BCUT2D eigenvalue weighted by molar-refractivity contribution is -0.510. The van der Waals surface area contributed by atoms with E-state index in [2.05, 4.69) is 59.3 Å². The Bertz CT molecular complexity index is 1140. The van der Waals surface area contributed by atoms with E-state index in [1.54, 1.807) is 0 Å². The minimum absolute atomic E-state index is 0.943. The van der Waals surface area contributed by atoms with Crippen LogP contribution in [0.2, 0.25) is 0 Å². The van der Waals surface area contributed by atoms with Crippen molar-refractivity contribution in [2.75, 3.05) is 0 Å². The van der Waals surface area contributed by atoms with Gasteiger partial charge < -0.3 is 4.42 Å². The van der Waals surface area contributed by atoms with Crippen molar-refractivity contribution in [2.45, 2.75) is 0 Å². The minimum Gasteiger partial charge on any atom is -0.455 e. The first-order chi connectivity index (χ1) is 10.4. The normalized spacial score (nSPS) is 11.8. The second kappa shape index (κ2) is 3.83. The molecule has 2 heteroatoms. The molecule has 0 radical (unpaired) electrons. The van der Waals surface area contributed by atoms with Gasteiger partial charge in [-0.2, -0.15) is 4.40 Å².